The van der Waals surface area contributed by atoms with Crippen LogP contribution in [0.1, 0.15) is 77.6 Å². The van der Waals surface area contributed by atoms with E-state index in [9.17, 15) is 0 Å². The lowest BCUT2D eigenvalue weighted by molar-refractivity contribution is 0.0149. The van der Waals surface area contributed by atoms with E-state index in [2.05, 4.69) is 36.1 Å². The van der Waals surface area contributed by atoms with Gasteiger partial charge in [-0.3, -0.25) is 0 Å². The molecule has 32 heavy (non-hydrogen) atoms. The summed E-state index contributed by atoms with van der Waals surface area (Å²) in [5.41, 5.74) is 0.978. The highest BCUT2D eigenvalue weighted by molar-refractivity contribution is 7.80. The van der Waals surface area contributed by atoms with Gasteiger partial charge in [-0.2, -0.15) is 0 Å². The van der Waals surface area contributed by atoms with Gasteiger partial charge in [0.15, 0.2) is 5.11 Å². The number of unbranched alkanes of at least 4 members (excludes halogenated alkanes) is 5. The van der Waals surface area contributed by atoms with Gasteiger partial charge < -0.3 is 19.9 Å². The Morgan fingerprint density at radius 2 is 1.59 bits per heavy atom. The molecule has 1 aromatic rings. The van der Waals surface area contributed by atoms with Crippen molar-refractivity contribution in [2.24, 2.45) is 0 Å². The van der Waals surface area contributed by atoms with E-state index < -0.39 is 0 Å². The number of benzene rings is 1. The number of rotatable bonds is 14. The molecule has 2 rings (SSSR count). The molecule has 4 nitrogen and oxygen atoms in total. The minimum atomic E-state index is 0.419. The summed E-state index contributed by atoms with van der Waals surface area (Å²) in [6, 6.07) is 8.15. The number of hydrogen-bond donors (Lipinski definition) is 1. The van der Waals surface area contributed by atoms with Crippen molar-refractivity contribution in [3.8, 4) is 0 Å². The first-order valence-corrected chi connectivity index (χ1v) is 13.4. The predicted octanol–water partition coefficient (Wildman–Crippen LogP) is 6.98. The molecule has 1 fully saturated rings. The van der Waals surface area contributed by atoms with Crippen LogP contribution in [0.5, 0.6) is 0 Å². The molecular weight excluding hydrogens is 438 g/mol. The third-order valence-corrected chi connectivity index (χ3v) is 7.18. The molecule has 1 N–H and O–H groups in total. The monoisotopic (exact) mass is 481 g/mol. The van der Waals surface area contributed by atoms with Crippen LogP contribution in [0.25, 0.3) is 0 Å². The number of anilines is 1. The molecule has 0 aromatic heterocycles. The molecule has 1 aliphatic carbocycles. The molecular formula is C26H44ClN3OS. The van der Waals surface area contributed by atoms with Crippen LogP contribution in [0.2, 0.25) is 5.02 Å². The van der Waals surface area contributed by atoms with Crippen LogP contribution >= 0.6 is 23.8 Å². The molecule has 1 aliphatic rings. The third-order valence-electron chi connectivity index (χ3n) is 6.54. The van der Waals surface area contributed by atoms with Crippen molar-refractivity contribution in [2.45, 2.75) is 89.7 Å². The molecule has 0 atom stereocenters. The van der Waals surface area contributed by atoms with Crippen molar-refractivity contribution in [3.05, 3.63) is 29.3 Å². The third kappa shape index (κ3) is 10.8. The van der Waals surface area contributed by atoms with Crippen LogP contribution in [0.4, 0.5) is 5.69 Å². The second-order valence-corrected chi connectivity index (χ2v) is 10.1. The van der Waals surface area contributed by atoms with Gasteiger partial charge in [0.25, 0.3) is 0 Å². The van der Waals surface area contributed by atoms with Gasteiger partial charge in [0.05, 0.1) is 6.10 Å². The molecule has 0 aliphatic heterocycles. The van der Waals surface area contributed by atoms with Crippen LogP contribution in [-0.2, 0) is 4.74 Å². The van der Waals surface area contributed by atoms with E-state index in [1.165, 1.54) is 58.0 Å². The normalized spacial score (nSPS) is 18.7. The van der Waals surface area contributed by atoms with Crippen molar-refractivity contribution in [1.82, 2.24) is 9.80 Å². The van der Waals surface area contributed by atoms with E-state index in [1.807, 2.05) is 24.3 Å². The molecule has 1 aromatic carbocycles. The standard InChI is InChI=1S/C26H44ClN3OS/c1-4-5-8-19-29(2)20-9-6-7-10-21-31-25-17-15-24(16-18-25)30(3)26(32)28-23-13-11-22(27)12-14-23/h11-14,24-25H,4-10,15-21H2,1-3H3,(H,28,32). The number of nitrogens with zero attached hydrogens (tertiary/aromatic N) is 2. The van der Waals surface area contributed by atoms with E-state index in [1.54, 1.807) is 0 Å². The number of thiocarbonyl (C=S) groups is 1. The van der Waals surface area contributed by atoms with Gasteiger partial charge in [-0.15, -0.1) is 0 Å². The molecule has 6 heteroatoms. The van der Waals surface area contributed by atoms with Crippen LogP contribution < -0.4 is 5.32 Å². The first kappa shape index (κ1) is 27.4. The first-order valence-electron chi connectivity index (χ1n) is 12.6. The highest BCUT2D eigenvalue weighted by Crippen LogP contribution is 2.25. The Bertz CT molecular complexity index is 634. The maximum absolute atomic E-state index is 6.18. The zero-order valence-corrected chi connectivity index (χ0v) is 22.0. The van der Waals surface area contributed by atoms with Gasteiger partial charge in [-0.1, -0.05) is 44.2 Å². The summed E-state index contributed by atoms with van der Waals surface area (Å²) >= 11 is 11.6. The quantitative estimate of drug-likeness (QED) is 0.228. The number of nitrogens with one attached hydrogen (secondary N) is 1. The van der Waals surface area contributed by atoms with Gasteiger partial charge >= 0.3 is 0 Å². The molecule has 0 heterocycles. The summed E-state index contributed by atoms with van der Waals surface area (Å²) in [5.74, 6) is 0. The maximum Gasteiger partial charge on any atom is 0.173 e. The van der Waals surface area contributed by atoms with Crippen molar-refractivity contribution in [1.29, 1.82) is 0 Å². The van der Waals surface area contributed by atoms with Crippen molar-refractivity contribution in [2.75, 3.05) is 39.1 Å². The Balaban J connectivity index is 1.50. The van der Waals surface area contributed by atoms with Gasteiger partial charge in [-0.25, -0.2) is 0 Å². The average Bonchev–Trinajstić information content (AvgIpc) is 2.80. The largest absolute Gasteiger partial charge is 0.378 e. The smallest absolute Gasteiger partial charge is 0.173 e. The van der Waals surface area contributed by atoms with E-state index >= 15 is 0 Å². The molecule has 0 unspecified atom stereocenters. The minimum Gasteiger partial charge on any atom is -0.378 e. The van der Waals surface area contributed by atoms with Crippen molar-refractivity contribution >= 4 is 34.6 Å². The second kappa shape index (κ2) is 15.9. The minimum absolute atomic E-state index is 0.419. The lowest BCUT2D eigenvalue weighted by Gasteiger charge is -2.36. The fraction of sp³-hybridized carbons (Fsp3) is 0.731. The lowest BCUT2D eigenvalue weighted by Crippen LogP contribution is -2.42. The molecule has 0 saturated heterocycles. The van der Waals surface area contributed by atoms with E-state index in [-0.39, 0.29) is 0 Å². The topological polar surface area (TPSA) is 27.7 Å². The summed E-state index contributed by atoms with van der Waals surface area (Å²) in [5, 5.41) is 4.83. The first-order chi connectivity index (χ1) is 15.5. The zero-order valence-electron chi connectivity index (χ0n) is 20.5. The fourth-order valence-corrected chi connectivity index (χ4v) is 4.73. The summed E-state index contributed by atoms with van der Waals surface area (Å²) in [7, 11) is 4.35. The Hall–Kier alpha value is -0.880. The Morgan fingerprint density at radius 1 is 0.969 bits per heavy atom. The molecule has 1 saturated carbocycles. The SMILES string of the molecule is CCCCCN(C)CCCCCCOC1CCC(N(C)C(=S)Nc2ccc(Cl)cc2)CC1. The molecule has 182 valence electrons. The second-order valence-electron chi connectivity index (χ2n) is 9.27. The number of ether oxygens (including phenoxy) is 1. The zero-order chi connectivity index (χ0) is 23.2. The maximum atomic E-state index is 6.18. The van der Waals surface area contributed by atoms with Gasteiger partial charge in [0.2, 0.25) is 0 Å². The summed E-state index contributed by atoms with van der Waals surface area (Å²) in [4.78, 5) is 4.69. The highest BCUT2D eigenvalue weighted by atomic mass is 35.5. The van der Waals surface area contributed by atoms with Gasteiger partial charge in [0.1, 0.15) is 0 Å². The molecule has 0 radical (unpaired) electrons. The Kier molecular flexibility index (Phi) is 13.6. The summed E-state index contributed by atoms with van der Waals surface area (Å²) < 4.78 is 6.18. The number of hydrogen-bond acceptors (Lipinski definition) is 3. The lowest BCUT2D eigenvalue weighted by atomic mass is 9.92. The highest BCUT2D eigenvalue weighted by Gasteiger charge is 2.25. The van der Waals surface area contributed by atoms with Gasteiger partial charge in [0, 0.05) is 30.4 Å². The van der Waals surface area contributed by atoms with Crippen molar-refractivity contribution < 1.29 is 4.74 Å². The average molecular weight is 482 g/mol. The van der Waals surface area contributed by atoms with Crippen LogP contribution in [-0.4, -0.2) is 60.8 Å². The van der Waals surface area contributed by atoms with Crippen LogP contribution in [0, 0.1) is 0 Å². The fourth-order valence-electron chi connectivity index (χ4n) is 4.34. The van der Waals surface area contributed by atoms with Crippen molar-refractivity contribution in [3.63, 3.8) is 0 Å². The number of halogens is 1. The van der Waals surface area contributed by atoms with Gasteiger partial charge in [-0.05, 0) is 102 Å². The van der Waals surface area contributed by atoms with Crippen LogP contribution in [0.3, 0.4) is 0 Å². The molecule has 0 amide bonds. The molecule has 0 bridgehead atoms. The van der Waals surface area contributed by atoms with E-state index in [4.69, 9.17) is 28.6 Å². The summed E-state index contributed by atoms with van der Waals surface area (Å²) in [6.07, 6.45) is 14.0. The van der Waals surface area contributed by atoms with E-state index in [0.717, 1.165) is 48.1 Å². The molecule has 0 spiro atoms. The van der Waals surface area contributed by atoms with E-state index in [0.29, 0.717) is 12.1 Å². The summed E-state index contributed by atoms with van der Waals surface area (Å²) in [6.45, 7) is 5.66. The van der Waals surface area contributed by atoms with Crippen LogP contribution in [0.15, 0.2) is 24.3 Å². The Morgan fingerprint density at radius 3 is 2.25 bits per heavy atom. The Labute approximate surface area is 207 Å². The predicted molar refractivity (Wildman–Crippen MR) is 143 cm³/mol.